The number of nitrogens with one attached hydrogen (secondary N) is 3. The molecule has 160 valence electrons. The van der Waals surface area contributed by atoms with Gasteiger partial charge in [-0.25, -0.2) is 0 Å². The first-order valence-electron chi connectivity index (χ1n) is 10.6. The highest BCUT2D eigenvalue weighted by molar-refractivity contribution is 5.93. The van der Waals surface area contributed by atoms with E-state index in [1.165, 1.54) is 16.0 Å². The summed E-state index contributed by atoms with van der Waals surface area (Å²) >= 11 is 0. The molecular formula is C23H31N3O4+2. The number of quaternary nitrogens is 2. The van der Waals surface area contributed by atoms with E-state index in [0.29, 0.717) is 23.7 Å². The fraction of sp³-hybridized carbons (Fsp3) is 0.435. The highest BCUT2D eigenvalue weighted by Crippen LogP contribution is 2.28. The number of amides is 1. The van der Waals surface area contributed by atoms with E-state index >= 15 is 0 Å². The number of methoxy groups -OCH3 is 2. The van der Waals surface area contributed by atoms with Gasteiger partial charge in [0.1, 0.15) is 50.0 Å². The number of piperazine rings is 1. The number of carbonyl (C=O) groups excluding carboxylic acids is 1. The lowest BCUT2D eigenvalue weighted by atomic mass is 10.1. The molecule has 0 saturated carbocycles. The van der Waals surface area contributed by atoms with E-state index in [2.05, 4.69) is 23.5 Å². The van der Waals surface area contributed by atoms with E-state index in [-0.39, 0.29) is 5.91 Å². The van der Waals surface area contributed by atoms with E-state index in [0.717, 1.165) is 51.5 Å². The second kappa shape index (κ2) is 9.36. The van der Waals surface area contributed by atoms with Gasteiger partial charge in [-0.15, -0.1) is 0 Å². The zero-order chi connectivity index (χ0) is 20.9. The Morgan fingerprint density at radius 1 is 1.03 bits per heavy atom. The predicted octanol–water partition coefficient (Wildman–Crippen LogP) is -0.439. The number of hydrogen-bond acceptors (Lipinski definition) is 4. The van der Waals surface area contributed by atoms with Crippen LogP contribution in [0.2, 0.25) is 0 Å². The van der Waals surface area contributed by atoms with E-state index < -0.39 is 0 Å². The number of carbonyl (C=O) groups is 1. The summed E-state index contributed by atoms with van der Waals surface area (Å²) in [6.45, 7) is 6.42. The van der Waals surface area contributed by atoms with E-state index in [9.17, 15) is 4.79 Å². The molecular weight excluding hydrogens is 382 g/mol. The van der Waals surface area contributed by atoms with Crippen LogP contribution >= 0.6 is 0 Å². The minimum absolute atomic E-state index is 0.00127. The predicted molar refractivity (Wildman–Crippen MR) is 114 cm³/mol. The molecule has 0 aromatic heterocycles. The summed E-state index contributed by atoms with van der Waals surface area (Å²) in [6, 6.07) is 12.0. The molecule has 1 amide bonds. The van der Waals surface area contributed by atoms with E-state index in [1.54, 1.807) is 31.3 Å². The monoisotopic (exact) mass is 413 g/mol. The third kappa shape index (κ3) is 4.86. The normalized spacial score (nSPS) is 20.2. The van der Waals surface area contributed by atoms with Crippen LogP contribution in [0.3, 0.4) is 0 Å². The maximum absolute atomic E-state index is 12.6. The zero-order valence-corrected chi connectivity index (χ0v) is 17.8. The van der Waals surface area contributed by atoms with Crippen molar-refractivity contribution in [1.29, 1.82) is 0 Å². The molecule has 7 heteroatoms. The van der Waals surface area contributed by atoms with Crippen LogP contribution in [-0.4, -0.2) is 59.5 Å². The molecule has 1 fully saturated rings. The van der Waals surface area contributed by atoms with Crippen molar-refractivity contribution in [3.8, 4) is 17.2 Å². The first-order valence-corrected chi connectivity index (χ1v) is 10.6. The van der Waals surface area contributed by atoms with Crippen LogP contribution in [0, 0.1) is 0 Å². The van der Waals surface area contributed by atoms with Crippen molar-refractivity contribution in [2.24, 2.45) is 0 Å². The summed E-state index contributed by atoms with van der Waals surface area (Å²) < 4.78 is 16.2. The van der Waals surface area contributed by atoms with Gasteiger partial charge in [0.15, 0.2) is 6.54 Å². The van der Waals surface area contributed by atoms with Gasteiger partial charge in [0.05, 0.1) is 26.5 Å². The molecule has 3 N–H and O–H groups in total. The van der Waals surface area contributed by atoms with Crippen molar-refractivity contribution in [2.75, 3.05) is 58.9 Å². The summed E-state index contributed by atoms with van der Waals surface area (Å²) in [5.74, 6) is 2.36. The molecule has 7 nitrogen and oxygen atoms in total. The number of benzene rings is 2. The maximum atomic E-state index is 12.6. The van der Waals surface area contributed by atoms with Crippen molar-refractivity contribution >= 4 is 11.6 Å². The lowest BCUT2D eigenvalue weighted by Crippen LogP contribution is -3.28. The average molecular weight is 414 g/mol. The van der Waals surface area contributed by atoms with Crippen molar-refractivity contribution < 1.29 is 28.8 Å². The van der Waals surface area contributed by atoms with Gasteiger partial charge >= 0.3 is 0 Å². The summed E-state index contributed by atoms with van der Waals surface area (Å²) in [7, 11) is 3.20. The topological polar surface area (TPSA) is 65.7 Å². The van der Waals surface area contributed by atoms with Crippen LogP contribution < -0.4 is 29.3 Å². The first-order chi connectivity index (χ1) is 14.6. The second-order valence-corrected chi connectivity index (χ2v) is 8.01. The van der Waals surface area contributed by atoms with Crippen molar-refractivity contribution in [3.05, 3.63) is 47.5 Å². The minimum atomic E-state index is -0.00127. The largest absolute Gasteiger partial charge is 0.497 e. The second-order valence-electron chi connectivity index (χ2n) is 8.01. The fourth-order valence-electron chi connectivity index (χ4n) is 4.28. The average Bonchev–Trinajstić information content (AvgIpc) is 3.23. The molecule has 2 aliphatic heterocycles. The molecule has 2 aliphatic rings. The molecule has 1 saturated heterocycles. The van der Waals surface area contributed by atoms with Gasteiger partial charge in [0, 0.05) is 18.1 Å². The van der Waals surface area contributed by atoms with Crippen molar-refractivity contribution in [1.82, 2.24) is 0 Å². The van der Waals surface area contributed by atoms with Crippen molar-refractivity contribution in [2.45, 2.75) is 13.0 Å². The Balaban J connectivity index is 1.26. The number of hydrogen-bond donors (Lipinski definition) is 3. The third-order valence-electron chi connectivity index (χ3n) is 5.96. The van der Waals surface area contributed by atoms with E-state index in [4.69, 9.17) is 14.2 Å². The van der Waals surface area contributed by atoms with Gasteiger partial charge in [0.25, 0.3) is 5.91 Å². The van der Waals surface area contributed by atoms with Crippen LogP contribution in [0.25, 0.3) is 0 Å². The molecule has 0 atom stereocenters. The Bertz CT molecular complexity index is 894. The molecule has 4 rings (SSSR count). The van der Waals surface area contributed by atoms with E-state index in [1.807, 2.05) is 6.07 Å². The standard InChI is InChI=1S/C23H29N3O4/c1-28-19-4-6-22(29-2)20(14-19)24-23(27)16-26-10-8-25(9-11-26)15-17-3-5-21-18(13-17)7-12-30-21/h3-6,13-14H,7-12,15-16H2,1-2H3,(H,24,27)/p+2. The van der Waals surface area contributed by atoms with Gasteiger partial charge in [-0.1, -0.05) is 0 Å². The maximum Gasteiger partial charge on any atom is 0.279 e. The van der Waals surface area contributed by atoms with Gasteiger partial charge in [-0.3, -0.25) is 4.79 Å². The quantitative estimate of drug-likeness (QED) is 0.576. The SMILES string of the molecule is COc1ccc(OC)c(NC(=O)C[NH+]2CC[NH+](Cc3ccc4c(c3)CCO4)CC2)c1. The highest BCUT2D eigenvalue weighted by Gasteiger charge is 2.25. The molecule has 0 bridgehead atoms. The molecule has 0 radical (unpaired) electrons. The molecule has 2 aromatic rings. The number of anilines is 1. The third-order valence-corrected chi connectivity index (χ3v) is 5.96. The lowest BCUT2D eigenvalue weighted by Gasteiger charge is -2.29. The summed E-state index contributed by atoms with van der Waals surface area (Å²) in [4.78, 5) is 15.5. The highest BCUT2D eigenvalue weighted by atomic mass is 16.5. The van der Waals surface area contributed by atoms with Crippen LogP contribution in [0.4, 0.5) is 5.69 Å². The van der Waals surface area contributed by atoms with Gasteiger partial charge in [-0.05, 0) is 35.9 Å². The van der Waals surface area contributed by atoms with Crippen LogP contribution in [0.5, 0.6) is 17.2 Å². The number of rotatable bonds is 7. The molecule has 0 spiro atoms. The van der Waals surface area contributed by atoms with Gasteiger partial charge in [-0.2, -0.15) is 0 Å². The molecule has 2 aromatic carbocycles. The molecule has 30 heavy (non-hydrogen) atoms. The summed E-state index contributed by atoms with van der Waals surface area (Å²) in [5, 5.41) is 2.97. The first kappa shape index (κ1) is 20.5. The van der Waals surface area contributed by atoms with Crippen LogP contribution in [-0.2, 0) is 17.8 Å². The Morgan fingerprint density at radius 2 is 1.83 bits per heavy atom. The lowest BCUT2D eigenvalue weighted by molar-refractivity contribution is -1.02. The molecule has 0 unspecified atom stereocenters. The summed E-state index contributed by atoms with van der Waals surface area (Å²) in [5.41, 5.74) is 3.35. The molecule has 2 heterocycles. The smallest absolute Gasteiger partial charge is 0.279 e. The van der Waals surface area contributed by atoms with Crippen molar-refractivity contribution in [3.63, 3.8) is 0 Å². The minimum Gasteiger partial charge on any atom is -0.497 e. The number of ether oxygens (including phenoxy) is 3. The Labute approximate surface area is 177 Å². The Morgan fingerprint density at radius 3 is 2.60 bits per heavy atom. The molecule has 0 aliphatic carbocycles. The summed E-state index contributed by atoms with van der Waals surface area (Å²) in [6.07, 6.45) is 1.02. The van der Waals surface area contributed by atoms with Gasteiger partial charge in [0.2, 0.25) is 0 Å². The van der Waals surface area contributed by atoms with Crippen LogP contribution in [0.15, 0.2) is 36.4 Å². The Kier molecular flexibility index (Phi) is 6.40. The Hall–Kier alpha value is -2.77. The number of fused-ring (bicyclic) bond motifs is 1. The van der Waals surface area contributed by atoms with Gasteiger partial charge < -0.3 is 29.3 Å². The zero-order valence-electron chi connectivity index (χ0n) is 17.8. The van der Waals surface area contributed by atoms with Crippen LogP contribution in [0.1, 0.15) is 11.1 Å². The fourth-order valence-corrected chi connectivity index (χ4v) is 4.28.